The van der Waals surface area contributed by atoms with Crippen LogP contribution in [0.3, 0.4) is 0 Å². The molecule has 0 radical (unpaired) electrons. The van der Waals surface area contributed by atoms with Crippen molar-refractivity contribution in [2.45, 2.75) is 17.7 Å². The zero-order chi connectivity index (χ0) is 15.1. The molecular formula is C10H14ClNO4S4. The highest BCUT2D eigenvalue weighted by atomic mass is 35.5. The molecule has 0 aromatic heterocycles. The predicted molar refractivity (Wildman–Crippen MR) is 86.5 cm³/mol. The highest BCUT2D eigenvalue weighted by molar-refractivity contribution is 8.23. The summed E-state index contributed by atoms with van der Waals surface area (Å²) < 4.78 is 46.3. The number of sulfone groups is 2. The lowest BCUT2D eigenvalue weighted by molar-refractivity contribution is 0.409. The van der Waals surface area contributed by atoms with Crippen molar-refractivity contribution in [2.24, 2.45) is 0 Å². The van der Waals surface area contributed by atoms with Crippen LogP contribution in [0.15, 0.2) is 10.4 Å². The molecule has 0 aliphatic carbocycles. The van der Waals surface area contributed by atoms with Crippen molar-refractivity contribution >= 4 is 59.6 Å². The molecular weight excluding hydrogens is 362 g/mol. The highest BCUT2D eigenvalue weighted by Gasteiger charge is 2.34. The van der Waals surface area contributed by atoms with Crippen LogP contribution < -0.4 is 0 Å². The second kappa shape index (κ2) is 5.75. The monoisotopic (exact) mass is 375 g/mol. The van der Waals surface area contributed by atoms with Gasteiger partial charge in [-0.3, -0.25) is 0 Å². The fourth-order valence-electron chi connectivity index (χ4n) is 2.11. The number of thiocarbonyl (C=S) groups is 1. The maximum atomic E-state index is 11.5. The number of hydrogen-bond acceptors (Lipinski definition) is 6. The third-order valence-electron chi connectivity index (χ3n) is 3.27. The number of rotatable bonds is 2. The van der Waals surface area contributed by atoms with Crippen molar-refractivity contribution in [3.8, 4) is 0 Å². The summed E-state index contributed by atoms with van der Waals surface area (Å²) in [7, 11) is -4.48. The lowest BCUT2D eigenvalue weighted by Gasteiger charge is -2.26. The second-order valence-corrected chi connectivity index (χ2v) is 11.3. The van der Waals surface area contributed by atoms with Crippen LogP contribution in [0.25, 0.3) is 0 Å². The molecule has 0 aromatic rings. The van der Waals surface area contributed by atoms with E-state index in [-0.39, 0.29) is 28.3 Å². The maximum absolute atomic E-state index is 11.5. The van der Waals surface area contributed by atoms with Gasteiger partial charge >= 0.3 is 0 Å². The molecule has 1 fully saturated rings. The third kappa shape index (κ3) is 3.88. The van der Waals surface area contributed by atoms with Gasteiger partial charge in [-0.25, -0.2) is 16.8 Å². The van der Waals surface area contributed by atoms with Gasteiger partial charge in [0.25, 0.3) is 0 Å². The Morgan fingerprint density at radius 1 is 1.40 bits per heavy atom. The first-order chi connectivity index (χ1) is 9.10. The van der Waals surface area contributed by atoms with E-state index in [1.165, 1.54) is 11.8 Å². The molecule has 2 heterocycles. The zero-order valence-electron chi connectivity index (χ0n) is 10.7. The Bertz CT molecular complexity index is 655. The topological polar surface area (TPSA) is 71.5 Å². The van der Waals surface area contributed by atoms with Gasteiger partial charge < -0.3 is 4.90 Å². The Hall–Kier alpha value is 0.170. The summed E-state index contributed by atoms with van der Waals surface area (Å²) in [6.07, 6.45) is 0.548. The Balaban J connectivity index is 1.98. The molecule has 20 heavy (non-hydrogen) atoms. The van der Waals surface area contributed by atoms with Crippen molar-refractivity contribution in [3.05, 3.63) is 10.4 Å². The van der Waals surface area contributed by atoms with Crippen LogP contribution in [0, 0.1) is 0 Å². The smallest absolute Gasteiger partial charge is 0.174 e. The fraction of sp³-hybridized carbons (Fsp3) is 0.700. The van der Waals surface area contributed by atoms with E-state index >= 15 is 0 Å². The molecule has 0 unspecified atom stereocenters. The lowest BCUT2D eigenvalue weighted by atomic mass is 10.2. The van der Waals surface area contributed by atoms with Crippen LogP contribution in [-0.2, 0) is 19.7 Å². The summed E-state index contributed by atoms with van der Waals surface area (Å²) in [6, 6.07) is -0.138. The average Bonchev–Trinajstić information content (AvgIpc) is 2.77. The second-order valence-electron chi connectivity index (χ2n) is 4.87. The van der Waals surface area contributed by atoms with Gasteiger partial charge in [0.2, 0.25) is 0 Å². The summed E-state index contributed by atoms with van der Waals surface area (Å²) in [6.45, 7) is 0. The minimum Gasteiger partial charge on any atom is -0.357 e. The van der Waals surface area contributed by atoms with Crippen molar-refractivity contribution < 1.29 is 16.8 Å². The summed E-state index contributed by atoms with van der Waals surface area (Å²) in [5, 5.41) is 0.939. The molecule has 0 bridgehead atoms. The first kappa shape index (κ1) is 16.5. The molecule has 10 heteroatoms. The van der Waals surface area contributed by atoms with E-state index < -0.39 is 24.9 Å². The standard InChI is InChI=1S/C10H14ClNO4S4/c1-12(7-2-3-19(13,14)4-7)10(17)18-9-6-20(15,16)5-8(9)11/h5,7,9H,2-4,6H2,1H3/t7-,9-/m0/s1. The largest absolute Gasteiger partial charge is 0.357 e. The number of hydrogen-bond donors (Lipinski definition) is 0. The van der Waals surface area contributed by atoms with Gasteiger partial charge in [0.05, 0.1) is 22.5 Å². The molecule has 0 aromatic carbocycles. The predicted octanol–water partition coefficient (Wildman–Crippen LogP) is 1.00. The van der Waals surface area contributed by atoms with Crippen LogP contribution in [0.2, 0.25) is 0 Å². The molecule has 0 saturated carbocycles. The van der Waals surface area contributed by atoms with Crippen LogP contribution in [-0.4, -0.2) is 61.7 Å². The Morgan fingerprint density at radius 2 is 2.05 bits per heavy atom. The Labute approximate surface area is 133 Å². The molecule has 0 N–H and O–H groups in total. The van der Waals surface area contributed by atoms with Gasteiger partial charge in [-0.15, -0.1) is 0 Å². The van der Waals surface area contributed by atoms with Gasteiger partial charge in [0.1, 0.15) is 4.32 Å². The number of thioether (sulfide) groups is 1. The van der Waals surface area contributed by atoms with Crippen LogP contribution >= 0.6 is 35.6 Å². The van der Waals surface area contributed by atoms with E-state index in [0.29, 0.717) is 10.7 Å². The van der Waals surface area contributed by atoms with Crippen LogP contribution in [0.5, 0.6) is 0 Å². The van der Waals surface area contributed by atoms with Gasteiger partial charge in [-0.2, -0.15) is 0 Å². The molecule has 0 amide bonds. The van der Waals surface area contributed by atoms with Crippen LogP contribution in [0.4, 0.5) is 0 Å². The van der Waals surface area contributed by atoms with E-state index in [1.807, 2.05) is 0 Å². The summed E-state index contributed by atoms with van der Waals surface area (Å²) in [5.74, 6) is 0.206. The first-order valence-corrected chi connectivity index (χ1v) is 11.0. The first-order valence-electron chi connectivity index (χ1n) is 5.83. The van der Waals surface area contributed by atoms with E-state index in [9.17, 15) is 16.8 Å². The van der Waals surface area contributed by atoms with Crippen LogP contribution in [0.1, 0.15) is 6.42 Å². The maximum Gasteiger partial charge on any atom is 0.174 e. The molecule has 1 saturated heterocycles. The summed E-state index contributed by atoms with van der Waals surface area (Å²) in [5.41, 5.74) is 0. The molecule has 0 spiro atoms. The normalized spacial score (nSPS) is 31.0. The molecule has 2 aliphatic rings. The van der Waals surface area contributed by atoms with Gasteiger partial charge in [-0.1, -0.05) is 35.6 Å². The van der Waals surface area contributed by atoms with E-state index in [1.54, 1.807) is 11.9 Å². The third-order valence-corrected chi connectivity index (χ3v) is 9.05. The Morgan fingerprint density at radius 3 is 2.50 bits per heavy atom. The van der Waals surface area contributed by atoms with Crippen molar-refractivity contribution in [1.29, 1.82) is 0 Å². The highest BCUT2D eigenvalue weighted by Crippen LogP contribution is 2.33. The minimum absolute atomic E-state index is 0.0621. The minimum atomic E-state index is -3.24. The fourth-order valence-corrected chi connectivity index (χ4v) is 7.96. The molecule has 2 rings (SSSR count). The molecule has 114 valence electrons. The summed E-state index contributed by atoms with van der Waals surface area (Å²) >= 11 is 12.4. The van der Waals surface area contributed by atoms with Gasteiger partial charge in [-0.05, 0) is 6.42 Å². The van der Waals surface area contributed by atoms with E-state index in [0.717, 1.165) is 5.41 Å². The van der Waals surface area contributed by atoms with Crippen molar-refractivity contribution in [2.75, 3.05) is 24.3 Å². The quantitative estimate of drug-likeness (QED) is 0.666. The van der Waals surface area contributed by atoms with Gasteiger partial charge in [0, 0.05) is 23.5 Å². The molecule has 2 aliphatic heterocycles. The average molecular weight is 376 g/mol. The van der Waals surface area contributed by atoms with Gasteiger partial charge in [0.15, 0.2) is 19.7 Å². The van der Waals surface area contributed by atoms with E-state index in [4.69, 9.17) is 23.8 Å². The number of halogens is 1. The Kier molecular flexibility index (Phi) is 4.76. The zero-order valence-corrected chi connectivity index (χ0v) is 14.7. The summed E-state index contributed by atoms with van der Waals surface area (Å²) in [4.78, 5) is 1.74. The number of nitrogens with zero attached hydrogens (tertiary/aromatic N) is 1. The molecule has 2 atom stereocenters. The van der Waals surface area contributed by atoms with Crippen molar-refractivity contribution in [3.63, 3.8) is 0 Å². The lowest BCUT2D eigenvalue weighted by Crippen LogP contribution is -2.36. The SMILES string of the molecule is CN(C(=S)S[C@H]1CS(=O)(=O)C=C1Cl)[C@H]1CCS(=O)(=O)C1. The molecule has 5 nitrogen and oxygen atoms in total. The van der Waals surface area contributed by atoms with E-state index in [2.05, 4.69) is 0 Å². The van der Waals surface area contributed by atoms with Crippen molar-refractivity contribution in [1.82, 2.24) is 4.90 Å².